The Morgan fingerprint density at radius 3 is 2.79 bits per heavy atom. The topological polar surface area (TPSA) is 117 Å². The number of halogens is 1. The zero-order chi connectivity index (χ0) is 19.9. The molecular weight excluding hydrogens is 382 g/mol. The van der Waals surface area contributed by atoms with Gasteiger partial charge in [0, 0.05) is 13.2 Å². The summed E-state index contributed by atoms with van der Waals surface area (Å²) < 4.78 is 1.49. The fourth-order valence-corrected chi connectivity index (χ4v) is 2.63. The molecule has 10 heteroatoms. The summed E-state index contributed by atoms with van der Waals surface area (Å²) in [5, 5.41) is 22.8. The number of aliphatic hydroxyl groups excluding tert-OH is 1. The van der Waals surface area contributed by atoms with E-state index in [1.807, 2.05) is 30.3 Å². The Bertz CT molecular complexity index is 933. The molecule has 0 saturated heterocycles. The highest BCUT2D eigenvalue weighted by Crippen LogP contribution is 2.25. The molecule has 0 bridgehead atoms. The number of hydrogen-bond acceptors (Lipinski definition) is 7. The van der Waals surface area contributed by atoms with Gasteiger partial charge in [0.1, 0.15) is 11.6 Å². The van der Waals surface area contributed by atoms with Gasteiger partial charge in [-0.25, -0.2) is 4.98 Å². The predicted octanol–water partition coefficient (Wildman–Crippen LogP) is 1.96. The average Bonchev–Trinajstić information content (AvgIpc) is 3.15. The molecule has 2 aromatic heterocycles. The predicted molar refractivity (Wildman–Crippen MR) is 107 cm³/mol. The van der Waals surface area contributed by atoms with Crippen molar-refractivity contribution in [1.29, 1.82) is 0 Å². The van der Waals surface area contributed by atoms with Crippen LogP contribution in [0.2, 0.25) is 5.02 Å². The Hall–Kier alpha value is -3.17. The number of aromatic nitrogens is 4. The van der Waals surface area contributed by atoms with Crippen molar-refractivity contribution >= 4 is 35.0 Å². The van der Waals surface area contributed by atoms with Crippen LogP contribution in [0.3, 0.4) is 0 Å². The molecule has 1 aromatic carbocycles. The smallest absolute Gasteiger partial charge is 0.241 e. The molecule has 0 fully saturated rings. The number of aliphatic hydroxyl groups is 1. The van der Waals surface area contributed by atoms with E-state index in [0.29, 0.717) is 22.5 Å². The molecule has 1 atom stereocenters. The molecule has 0 aliphatic heterocycles. The summed E-state index contributed by atoms with van der Waals surface area (Å²) in [6, 6.07) is 9.14. The first-order chi connectivity index (χ1) is 13.6. The summed E-state index contributed by atoms with van der Waals surface area (Å²) in [7, 11) is 1.57. The fraction of sp³-hybridized carbons (Fsp3) is 0.222. The Balaban J connectivity index is 1.73. The normalized spacial score (nSPS) is 11.7. The van der Waals surface area contributed by atoms with E-state index in [4.69, 9.17) is 11.6 Å². The maximum absolute atomic E-state index is 11.4. The quantitative estimate of drug-likeness (QED) is 0.455. The molecule has 0 aliphatic carbocycles. The zero-order valence-corrected chi connectivity index (χ0v) is 15.9. The molecular formula is C18H20ClN7O2. The molecule has 0 radical (unpaired) electrons. The van der Waals surface area contributed by atoms with Crippen LogP contribution in [-0.4, -0.2) is 44.4 Å². The Morgan fingerprint density at radius 1 is 1.29 bits per heavy atom. The van der Waals surface area contributed by atoms with Crippen LogP contribution >= 0.6 is 11.6 Å². The zero-order valence-electron chi connectivity index (χ0n) is 15.1. The molecule has 9 nitrogen and oxygen atoms in total. The molecule has 3 rings (SSSR count). The summed E-state index contributed by atoms with van der Waals surface area (Å²) in [4.78, 5) is 19.9. The van der Waals surface area contributed by atoms with Crippen LogP contribution in [0.15, 0.2) is 48.9 Å². The van der Waals surface area contributed by atoms with Gasteiger partial charge in [0.25, 0.3) is 0 Å². The molecule has 0 saturated carbocycles. The van der Waals surface area contributed by atoms with Crippen LogP contribution in [0.25, 0.3) is 0 Å². The van der Waals surface area contributed by atoms with Crippen molar-refractivity contribution in [2.75, 3.05) is 24.3 Å². The Morgan fingerprint density at radius 2 is 2.07 bits per heavy atom. The molecule has 3 aromatic rings. The van der Waals surface area contributed by atoms with Crippen LogP contribution in [0.1, 0.15) is 11.6 Å². The lowest BCUT2D eigenvalue weighted by Crippen LogP contribution is -2.23. The van der Waals surface area contributed by atoms with E-state index in [2.05, 4.69) is 31.0 Å². The lowest BCUT2D eigenvalue weighted by atomic mass is 10.1. The monoisotopic (exact) mass is 401 g/mol. The molecule has 0 aliphatic rings. The number of carbonyl (C=O) groups is 1. The van der Waals surface area contributed by atoms with Crippen molar-refractivity contribution in [3.63, 3.8) is 0 Å². The van der Waals surface area contributed by atoms with Crippen molar-refractivity contribution in [3.8, 4) is 0 Å². The van der Waals surface area contributed by atoms with Crippen LogP contribution in [0.4, 0.5) is 17.5 Å². The SMILES string of the molecule is CNC(=O)Cn1cc(Nc2ncc(Cl)c(N[C@H](CO)c3ccccc3)n2)cn1. The summed E-state index contributed by atoms with van der Waals surface area (Å²) in [5.41, 5.74) is 1.53. The van der Waals surface area contributed by atoms with E-state index in [-0.39, 0.29) is 25.1 Å². The lowest BCUT2D eigenvalue weighted by molar-refractivity contribution is -0.121. The van der Waals surface area contributed by atoms with Gasteiger partial charge in [0.15, 0.2) is 5.82 Å². The van der Waals surface area contributed by atoms with Crippen LogP contribution < -0.4 is 16.0 Å². The van der Waals surface area contributed by atoms with Crippen molar-refractivity contribution < 1.29 is 9.90 Å². The Labute approximate surface area is 166 Å². The largest absolute Gasteiger partial charge is 0.394 e. The van der Waals surface area contributed by atoms with Gasteiger partial charge in [-0.3, -0.25) is 9.48 Å². The number of hydrogen-bond donors (Lipinski definition) is 4. The van der Waals surface area contributed by atoms with E-state index in [9.17, 15) is 9.90 Å². The maximum atomic E-state index is 11.4. The first-order valence-corrected chi connectivity index (χ1v) is 8.91. The summed E-state index contributed by atoms with van der Waals surface area (Å²) in [6.07, 6.45) is 4.70. The number of likely N-dealkylation sites (N-methyl/N-ethyl adjacent to an activating group) is 1. The average molecular weight is 402 g/mol. The summed E-state index contributed by atoms with van der Waals surface area (Å²) in [6.45, 7) is -0.0128. The number of carbonyl (C=O) groups excluding carboxylic acids is 1. The van der Waals surface area contributed by atoms with Gasteiger partial charge >= 0.3 is 0 Å². The second-order valence-electron chi connectivity index (χ2n) is 5.91. The number of anilines is 3. The maximum Gasteiger partial charge on any atom is 0.241 e. The second kappa shape index (κ2) is 9.16. The standard InChI is InChI=1S/C18H20ClN7O2/c1-20-16(28)10-26-9-13(7-22-26)23-18-21-8-14(19)17(25-18)24-15(11-27)12-5-3-2-4-6-12/h2-9,15,27H,10-11H2,1H3,(H,20,28)(H2,21,23,24,25)/t15-/m1/s1. The molecule has 28 heavy (non-hydrogen) atoms. The highest BCUT2D eigenvalue weighted by Gasteiger charge is 2.14. The van der Waals surface area contributed by atoms with Gasteiger partial charge in [-0.1, -0.05) is 41.9 Å². The van der Waals surface area contributed by atoms with Gasteiger partial charge in [-0.15, -0.1) is 0 Å². The third-order valence-corrected chi connectivity index (χ3v) is 4.19. The van der Waals surface area contributed by atoms with Crippen molar-refractivity contribution in [1.82, 2.24) is 25.1 Å². The minimum atomic E-state index is -0.364. The third kappa shape index (κ3) is 4.96. The number of benzene rings is 1. The van der Waals surface area contributed by atoms with E-state index >= 15 is 0 Å². The van der Waals surface area contributed by atoms with Gasteiger partial charge in [0.2, 0.25) is 11.9 Å². The Kier molecular flexibility index (Phi) is 6.41. The van der Waals surface area contributed by atoms with Gasteiger partial charge in [0.05, 0.1) is 30.7 Å². The fourth-order valence-electron chi connectivity index (χ4n) is 2.48. The van der Waals surface area contributed by atoms with Crippen LogP contribution in [0.5, 0.6) is 0 Å². The highest BCUT2D eigenvalue weighted by molar-refractivity contribution is 6.32. The van der Waals surface area contributed by atoms with Crippen molar-refractivity contribution in [2.45, 2.75) is 12.6 Å². The minimum Gasteiger partial charge on any atom is -0.394 e. The molecule has 0 unspecified atom stereocenters. The lowest BCUT2D eigenvalue weighted by Gasteiger charge is -2.18. The minimum absolute atomic E-state index is 0.113. The summed E-state index contributed by atoms with van der Waals surface area (Å²) >= 11 is 6.21. The van der Waals surface area contributed by atoms with E-state index in [1.54, 1.807) is 19.4 Å². The molecule has 0 spiro atoms. The van der Waals surface area contributed by atoms with E-state index in [1.165, 1.54) is 10.9 Å². The second-order valence-corrected chi connectivity index (χ2v) is 6.31. The van der Waals surface area contributed by atoms with E-state index < -0.39 is 0 Å². The first kappa shape index (κ1) is 19.6. The van der Waals surface area contributed by atoms with Gasteiger partial charge < -0.3 is 21.1 Å². The van der Waals surface area contributed by atoms with Crippen LogP contribution in [0, 0.1) is 0 Å². The third-order valence-electron chi connectivity index (χ3n) is 3.91. The number of amides is 1. The van der Waals surface area contributed by atoms with Crippen LogP contribution in [-0.2, 0) is 11.3 Å². The molecule has 1 amide bonds. The van der Waals surface area contributed by atoms with Gasteiger partial charge in [-0.2, -0.15) is 10.1 Å². The van der Waals surface area contributed by atoms with Crippen molar-refractivity contribution in [3.05, 3.63) is 59.5 Å². The molecule has 2 heterocycles. The molecule has 146 valence electrons. The number of rotatable bonds is 8. The number of nitrogens with one attached hydrogen (secondary N) is 3. The van der Waals surface area contributed by atoms with Gasteiger partial charge in [-0.05, 0) is 5.56 Å². The van der Waals surface area contributed by atoms with Crippen molar-refractivity contribution in [2.24, 2.45) is 0 Å². The number of nitrogens with zero attached hydrogens (tertiary/aromatic N) is 4. The molecule has 4 N–H and O–H groups in total. The van der Waals surface area contributed by atoms with E-state index in [0.717, 1.165) is 5.56 Å². The highest BCUT2D eigenvalue weighted by atomic mass is 35.5. The first-order valence-electron chi connectivity index (χ1n) is 8.54. The summed E-state index contributed by atoms with van der Waals surface area (Å²) in [5.74, 6) is 0.538.